The Hall–Kier alpha value is -1.12. The molecule has 88 valence electrons. The zero-order valence-electron chi connectivity index (χ0n) is 10.6. The summed E-state index contributed by atoms with van der Waals surface area (Å²) in [5.74, 6) is 0. The lowest BCUT2D eigenvalue weighted by atomic mass is 10.1. The molecule has 0 fully saturated rings. The summed E-state index contributed by atoms with van der Waals surface area (Å²) in [6.45, 7) is 8.86. The molecule has 1 N–H and O–H groups in total. The predicted octanol–water partition coefficient (Wildman–Crippen LogP) is 2.41. The summed E-state index contributed by atoms with van der Waals surface area (Å²) in [7, 11) is 4.10. The molecule has 0 aromatic heterocycles. The highest BCUT2D eigenvalue weighted by atomic mass is 15.1. The molecule has 1 aromatic carbocycles. The lowest BCUT2D eigenvalue weighted by Gasteiger charge is -2.17. The molecular formula is C14H22N2. The third-order valence-corrected chi connectivity index (χ3v) is 2.36. The molecule has 0 aliphatic heterocycles. The molecule has 0 aliphatic carbocycles. The smallest absolute Gasteiger partial charge is 0.0234 e. The number of hydrogen-bond acceptors (Lipinski definition) is 2. The van der Waals surface area contributed by atoms with Gasteiger partial charge in [0.2, 0.25) is 0 Å². The number of rotatable bonds is 6. The first-order valence-electron chi connectivity index (χ1n) is 5.67. The van der Waals surface area contributed by atoms with Gasteiger partial charge in [-0.2, -0.15) is 0 Å². The van der Waals surface area contributed by atoms with Gasteiger partial charge in [0.25, 0.3) is 0 Å². The highest BCUT2D eigenvalue weighted by molar-refractivity contribution is 5.23. The summed E-state index contributed by atoms with van der Waals surface area (Å²) in [6, 6.07) is 8.70. The summed E-state index contributed by atoms with van der Waals surface area (Å²) in [6.07, 6.45) is 0. The first kappa shape index (κ1) is 12.9. The molecule has 1 aromatic rings. The van der Waals surface area contributed by atoms with Crippen LogP contribution in [-0.2, 0) is 13.1 Å². The predicted molar refractivity (Wildman–Crippen MR) is 70.4 cm³/mol. The van der Waals surface area contributed by atoms with Crippen molar-refractivity contribution in [2.45, 2.75) is 20.0 Å². The second-order valence-corrected chi connectivity index (χ2v) is 4.48. The first-order valence-corrected chi connectivity index (χ1v) is 5.67. The fourth-order valence-electron chi connectivity index (χ4n) is 1.87. The quantitative estimate of drug-likeness (QED) is 0.738. The van der Waals surface area contributed by atoms with E-state index in [1.165, 1.54) is 16.7 Å². The topological polar surface area (TPSA) is 15.3 Å². The molecule has 0 atom stereocenters. The Labute approximate surface area is 99.0 Å². The number of hydrogen-bond donors (Lipinski definition) is 1. The van der Waals surface area contributed by atoms with Crippen LogP contribution in [-0.4, -0.2) is 25.5 Å². The van der Waals surface area contributed by atoms with Gasteiger partial charge in [0.05, 0.1) is 0 Å². The van der Waals surface area contributed by atoms with E-state index in [0.29, 0.717) is 0 Å². The summed E-state index contributed by atoms with van der Waals surface area (Å²) in [5, 5.41) is 3.17. The Kier molecular flexibility index (Phi) is 5.23. The zero-order chi connectivity index (χ0) is 12.0. The van der Waals surface area contributed by atoms with Gasteiger partial charge in [-0.25, -0.2) is 0 Å². The van der Waals surface area contributed by atoms with Gasteiger partial charge < -0.3 is 5.32 Å². The standard InChI is InChI=1S/C14H22N2/c1-12(2)10-16(4)11-14-7-5-6-13(8-14)9-15-3/h5-8,15H,1,9-11H2,2-4H3. The maximum Gasteiger partial charge on any atom is 0.0234 e. The van der Waals surface area contributed by atoms with Crippen molar-refractivity contribution in [2.24, 2.45) is 0 Å². The van der Waals surface area contributed by atoms with Crippen molar-refractivity contribution < 1.29 is 0 Å². The summed E-state index contributed by atoms with van der Waals surface area (Å²) in [5.41, 5.74) is 3.90. The van der Waals surface area contributed by atoms with Crippen LogP contribution < -0.4 is 5.32 Å². The fourth-order valence-corrected chi connectivity index (χ4v) is 1.87. The van der Waals surface area contributed by atoms with E-state index in [1.807, 2.05) is 7.05 Å². The van der Waals surface area contributed by atoms with E-state index in [-0.39, 0.29) is 0 Å². The van der Waals surface area contributed by atoms with Crippen LogP contribution in [0.1, 0.15) is 18.1 Å². The Morgan fingerprint density at radius 2 is 2.06 bits per heavy atom. The molecule has 16 heavy (non-hydrogen) atoms. The van der Waals surface area contributed by atoms with Gasteiger partial charge in [-0.1, -0.05) is 36.4 Å². The molecule has 0 radical (unpaired) electrons. The minimum absolute atomic E-state index is 0.929. The molecule has 0 saturated carbocycles. The van der Waals surface area contributed by atoms with Gasteiger partial charge in [-0.05, 0) is 32.1 Å². The number of likely N-dealkylation sites (N-methyl/N-ethyl adjacent to an activating group) is 1. The van der Waals surface area contributed by atoms with E-state index in [0.717, 1.165) is 19.6 Å². The molecule has 1 rings (SSSR count). The Morgan fingerprint density at radius 1 is 1.38 bits per heavy atom. The van der Waals surface area contributed by atoms with Crippen molar-refractivity contribution in [2.75, 3.05) is 20.6 Å². The Balaban J connectivity index is 2.59. The lowest BCUT2D eigenvalue weighted by Crippen LogP contribution is -2.19. The van der Waals surface area contributed by atoms with E-state index in [9.17, 15) is 0 Å². The van der Waals surface area contributed by atoms with E-state index in [2.05, 4.69) is 55.0 Å². The van der Waals surface area contributed by atoms with Crippen LogP contribution >= 0.6 is 0 Å². The third kappa shape index (κ3) is 4.60. The second-order valence-electron chi connectivity index (χ2n) is 4.48. The normalized spacial score (nSPS) is 10.8. The number of benzene rings is 1. The molecule has 0 amide bonds. The third-order valence-electron chi connectivity index (χ3n) is 2.36. The van der Waals surface area contributed by atoms with Gasteiger partial charge in [0.1, 0.15) is 0 Å². The minimum Gasteiger partial charge on any atom is -0.316 e. The Bertz CT molecular complexity index is 344. The first-order chi connectivity index (χ1) is 7.61. The van der Waals surface area contributed by atoms with Crippen molar-refractivity contribution >= 4 is 0 Å². The van der Waals surface area contributed by atoms with Crippen LogP contribution in [0.4, 0.5) is 0 Å². The van der Waals surface area contributed by atoms with E-state index in [1.54, 1.807) is 0 Å². The van der Waals surface area contributed by atoms with Crippen LogP contribution in [0.3, 0.4) is 0 Å². The summed E-state index contributed by atoms with van der Waals surface area (Å²) >= 11 is 0. The van der Waals surface area contributed by atoms with Gasteiger partial charge in [0, 0.05) is 19.6 Å². The molecule has 2 heteroatoms. The largest absolute Gasteiger partial charge is 0.316 e. The highest BCUT2D eigenvalue weighted by Gasteiger charge is 2.01. The van der Waals surface area contributed by atoms with Crippen LogP contribution in [0.25, 0.3) is 0 Å². The van der Waals surface area contributed by atoms with Crippen molar-refractivity contribution in [3.05, 3.63) is 47.5 Å². The molecule has 0 spiro atoms. The fraction of sp³-hybridized carbons (Fsp3) is 0.429. The van der Waals surface area contributed by atoms with Crippen LogP contribution in [0.2, 0.25) is 0 Å². The average molecular weight is 218 g/mol. The molecule has 0 bridgehead atoms. The van der Waals surface area contributed by atoms with Crippen molar-refractivity contribution in [3.63, 3.8) is 0 Å². The second kappa shape index (κ2) is 6.46. The molecule has 0 heterocycles. The maximum absolute atomic E-state index is 3.93. The molecular weight excluding hydrogens is 196 g/mol. The number of nitrogens with one attached hydrogen (secondary N) is 1. The summed E-state index contributed by atoms with van der Waals surface area (Å²) < 4.78 is 0. The minimum atomic E-state index is 0.929. The monoisotopic (exact) mass is 218 g/mol. The van der Waals surface area contributed by atoms with Crippen LogP contribution in [0, 0.1) is 0 Å². The zero-order valence-corrected chi connectivity index (χ0v) is 10.6. The van der Waals surface area contributed by atoms with Crippen LogP contribution in [0.15, 0.2) is 36.4 Å². The average Bonchev–Trinajstić information content (AvgIpc) is 2.17. The van der Waals surface area contributed by atoms with Crippen molar-refractivity contribution in [1.82, 2.24) is 10.2 Å². The summed E-state index contributed by atoms with van der Waals surface area (Å²) in [4.78, 5) is 2.28. The van der Waals surface area contributed by atoms with E-state index < -0.39 is 0 Å². The van der Waals surface area contributed by atoms with Gasteiger partial charge in [-0.3, -0.25) is 4.90 Å². The highest BCUT2D eigenvalue weighted by Crippen LogP contribution is 2.08. The van der Waals surface area contributed by atoms with Gasteiger partial charge in [-0.15, -0.1) is 0 Å². The van der Waals surface area contributed by atoms with E-state index in [4.69, 9.17) is 0 Å². The van der Waals surface area contributed by atoms with Gasteiger partial charge >= 0.3 is 0 Å². The van der Waals surface area contributed by atoms with Crippen LogP contribution in [0.5, 0.6) is 0 Å². The van der Waals surface area contributed by atoms with Crippen molar-refractivity contribution in [1.29, 1.82) is 0 Å². The molecule has 0 aliphatic rings. The molecule has 0 unspecified atom stereocenters. The number of nitrogens with zero attached hydrogens (tertiary/aromatic N) is 1. The van der Waals surface area contributed by atoms with E-state index >= 15 is 0 Å². The van der Waals surface area contributed by atoms with Crippen molar-refractivity contribution in [3.8, 4) is 0 Å². The molecule has 0 saturated heterocycles. The Morgan fingerprint density at radius 3 is 2.69 bits per heavy atom. The van der Waals surface area contributed by atoms with Gasteiger partial charge in [0.15, 0.2) is 0 Å². The maximum atomic E-state index is 3.93. The molecule has 2 nitrogen and oxygen atoms in total. The lowest BCUT2D eigenvalue weighted by molar-refractivity contribution is 0.355. The SMILES string of the molecule is C=C(C)CN(C)Cc1cccc(CNC)c1.